The molecular formula is H4NNaO6S. The Kier molecular flexibility index (Phi) is 14.8. The van der Waals surface area contributed by atoms with Crippen LogP contribution in [0, 0.1) is 4.91 Å². The van der Waals surface area contributed by atoms with Crippen molar-refractivity contribution in [2.45, 2.75) is 0 Å². The van der Waals surface area contributed by atoms with Gasteiger partial charge in [0.15, 0.2) is 5.34 Å². The molecule has 0 saturated carbocycles. The van der Waals surface area contributed by atoms with E-state index in [0.29, 0.717) is 0 Å². The van der Waals surface area contributed by atoms with Crippen LogP contribution in [0.5, 0.6) is 0 Å². The monoisotopic (exact) mass is 169 g/mol. The maximum absolute atomic E-state index is 8.74. The first-order valence-electron chi connectivity index (χ1n) is 1.08. The standard InChI is InChI=1S/HNO2.Na.H2O4S.H/c2-1-3;;1-5(2,3)4;/h(H,2,3);;(H2,1,2,3,4);. The molecule has 0 spiro atoms. The second-order valence-corrected chi connectivity index (χ2v) is 1.43. The summed E-state index contributed by atoms with van der Waals surface area (Å²) in [7, 11) is -4.67. The van der Waals surface area contributed by atoms with Crippen LogP contribution in [0.3, 0.4) is 0 Å². The van der Waals surface area contributed by atoms with Crippen LogP contribution >= 0.6 is 0 Å². The Hall–Kier alpha value is 0.270. The molecule has 0 heterocycles. The predicted octanol–water partition coefficient (Wildman–Crippen LogP) is -1.16. The zero-order valence-electron chi connectivity index (χ0n) is 3.42. The molecule has 0 aromatic heterocycles. The topological polar surface area (TPSA) is 124 Å². The van der Waals surface area contributed by atoms with Crippen LogP contribution < -0.4 is 0 Å². The van der Waals surface area contributed by atoms with Crippen LogP contribution in [0.4, 0.5) is 0 Å². The molecule has 0 rings (SSSR count). The fraction of sp³-hybridized carbons (Fsp3) is 0. The number of nitrogens with zero attached hydrogens (tertiary/aromatic N) is 1. The minimum atomic E-state index is -4.67. The van der Waals surface area contributed by atoms with Crippen molar-refractivity contribution in [1.29, 1.82) is 0 Å². The zero-order chi connectivity index (χ0) is 7.21. The van der Waals surface area contributed by atoms with E-state index in [1.54, 1.807) is 0 Å². The molecule has 0 fully saturated rings. The van der Waals surface area contributed by atoms with Gasteiger partial charge in [-0.3, -0.25) is 9.11 Å². The molecule has 0 radical (unpaired) electrons. The fourth-order valence-electron chi connectivity index (χ4n) is 0. The van der Waals surface area contributed by atoms with E-state index in [4.69, 9.17) is 27.6 Å². The maximum atomic E-state index is 8.74. The van der Waals surface area contributed by atoms with Crippen molar-refractivity contribution in [3.8, 4) is 0 Å². The van der Waals surface area contributed by atoms with Crippen LogP contribution in [-0.2, 0) is 10.4 Å². The second kappa shape index (κ2) is 8.27. The van der Waals surface area contributed by atoms with Gasteiger partial charge in [0.1, 0.15) is 0 Å². The number of hydrogen-bond acceptors (Lipinski definition) is 4. The third-order valence-electron chi connectivity index (χ3n) is 0. The molecule has 0 amide bonds. The second-order valence-electron chi connectivity index (χ2n) is 0.529. The quantitative estimate of drug-likeness (QED) is 0.182. The molecule has 3 N–H and O–H groups in total. The molecule has 0 saturated heterocycles. The van der Waals surface area contributed by atoms with Crippen LogP contribution in [0.15, 0.2) is 5.34 Å². The van der Waals surface area contributed by atoms with Crippen LogP contribution in [0.25, 0.3) is 0 Å². The summed E-state index contributed by atoms with van der Waals surface area (Å²) >= 11 is 0. The first-order chi connectivity index (χ1) is 3.41. The molecule has 0 atom stereocenters. The van der Waals surface area contributed by atoms with E-state index >= 15 is 0 Å². The van der Waals surface area contributed by atoms with Gasteiger partial charge in [-0.15, -0.1) is 4.91 Å². The summed E-state index contributed by atoms with van der Waals surface area (Å²) in [5, 5.41) is 7.89. The Balaban J connectivity index is -0.0000000800. The summed E-state index contributed by atoms with van der Waals surface area (Å²) < 4.78 is 31.6. The summed E-state index contributed by atoms with van der Waals surface area (Å²) in [6.45, 7) is 0. The molecule has 0 bridgehead atoms. The number of rotatable bonds is 0. The third-order valence-corrected chi connectivity index (χ3v) is 0. The molecule has 52 valence electrons. The summed E-state index contributed by atoms with van der Waals surface area (Å²) in [6, 6.07) is 0. The zero-order valence-corrected chi connectivity index (χ0v) is 4.24. The first kappa shape index (κ1) is 16.1. The van der Waals surface area contributed by atoms with Gasteiger partial charge in [-0.05, 0) is 0 Å². The Morgan fingerprint density at radius 2 is 1.22 bits per heavy atom. The van der Waals surface area contributed by atoms with Crippen molar-refractivity contribution in [2.75, 3.05) is 0 Å². The van der Waals surface area contributed by atoms with E-state index in [2.05, 4.69) is 0 Å². The Labute approximate surface area is 72.9 Å². The third kappa shape index (κ3) is 4460. The molecule has 9 heavy (non-hydrogen) atoms. The molecule has 0 aliphatic carbocycles. The average molecular weight is 169 g/mol. The van der Waals surface area contributed by atoms with Crippen LogP contribution in [0.2, 0.25) is 0 Å². The van der Waals surface area contributed by atoms with Gasteiger partial charge in [0.25, 0.3) is 0 Å². The summed E-state index contributed by atoms with van der Waals surface area (Å²) in [6.07, 6.45) is 0. The van der Waals surface area contributed by atoms with Gasteiger partial charge in [-0.1, -0.05) is 0 Å². The Bertz CT molecular complexity index is 127. The number of hydrogen-bond donors (Lipinski definition) is 3. The fourth-order valence-corrected chi connectivity index (χ4v) is 0. The van der Waals surface area contributed by atoms with E-state index in [1.165, 1.54) is 5.34 Å². The van der Waals surface area contributed by atoms with Gasteiger partial charge in [0.2, 0.25) is 0 Å². The van der Waals surface area contributed by atoms with E-state index in [1.807, 2.05) is 0 Å². The molecule has 0 aliphatic heterocycles. The van der Waals surface area contributed by atoms with E-state index in [0.717, 1.165) is 0 Å². The Morgan fingerprint density at radius 3 is 1.22 bits per heavy atom. The molecule has 0 aliphatic rings. The van der Waals surface area contributed by atoms with E-state index in [-0.39, 0.29) is 29.6 Å². The normalized spacial score (nSPS) is 7.78. The van der Waals surface area contributed by atoms with Crippen molar-refractivity contribution in [1.82, 2.24) is 0 Å². The van der Waals surface area contributed by atoms with Crippen molar-refractivity contribution in [3.05, 3.63) is 4.91 Å². The van der Waals surface area contributed by atoms with Crippen LogP contribution in [0.1, 0.15) is 0 Å². The van der Waals surface area contributed by atoms with Crippen molar-refractivity contribution in [2.24, 2.45) is 5.34 Å². The molecule has 0 unspecified atom stereocenters. The summed E-state index contributed by atoms with van der Waals surface area (Å²) in [4.78, 5) is 8.11. The van der Waals surface area contributed by atoms with Gasteiger partial charge in [0, 0.05) is 0 Å². The summed E-state index contributed by atoms with van der Waals surface area (Å²) in [5.41, 5.74) is 0. The molecular weight excluding hydrogens is 165 g/mol. The van der Waals surface area contributed by atoms with Gasteiger partial charge in [-0.25, -0.2) is 0 Å². The predicted molar refractivity (Wildman–Crippen MR) is 28.9 cm³/mol. The van der Waals surface area contributed by atoms with Gasteiger partial charge < -0.3 is 5.21 Å². The van der Waals surface area contributed by atoms with E-state index in [9.17, 15) is 0 Å². The van der Waals surface area contributed by atoms with Crippen molar-refractivity contribution in [3.63, 3.8) is 0 Å². The molecule has 7 nitrogen and oxygen atoms in total. The first-order valence-corrected chi connectivity index (χ1v) is 2.48. The Morgan fingerprint density at radius 1 is 1.22 bits per heavy atom. The van der Waals surface area contributed by atoms with Crippen molar-refractivity contribution < 1.29 is 22.7 Å². The summed E-state index contributed by atoms with van der Waals surface area (Å²) in [5.74, 6) is 0. The van der Waals surface area contributed by atoms with Gasteiger partial charge >= 0.3 is 40.0 Å². The van der Waals surface area contributed by atoms with Gasteiger partial charge in [0.05, 0.1) is 0 Å². The average Bonchev–Trinajstić information content (AvgIpc) is 1.27. The van der Waals surface area contributed by atoms with E-state index < -0.39 is 10.4 Å². The van der Waals surface area contributed by atoms with Gasteiger partial charge in [-0.2, -0.15) is 8.42 Å². The SMILES string of the molecule is O=NO.O=S(=O)(O)O.[NaH]. The minimum absolute atomic E-state index is 0. The molecule has 0 aromatic rings. The molecule has 0 aromatic carbocycles. The van der Waals surface area contributed by atoms with Crippen LogP contribution in [-0.4, -0.2) is 52.3 Å². The molecule has 9 heteroatoms. The van der Waals surface area contributed by atoms with Crippen molar-refractivity contribution >= 4 is 40.0 Å².